The standard InChI is InChI=1S/C11H14O6/c1-14-6-17-7-4-5-8(15-2)10(16-3)9(7)11(12)13/h4-5H,6H2,1-3H3,(H,12,13). The molecule has 0 amide bonds. The summed E-state index contributed by atoms with van der Waals surface area (Å²) >= 11 is 0. The number of benzene rings is 1. The van der Waals surface area contributed by atoms with E-state index < -0.39 is 5.97 Å². The lowest BCUT2D eigenvalue weighted by molar-refractivity contribution is 0.0479. The summed E-state index contributed by atoms with van der Waals surface area (Å²) in [5, 5.41) is 9.14. The lowest BCUT2D eigenvalue weighted by Crippen LogP contribution is -2.08. The van der Waals surface area contributed by atoms with Crippen molar-refractivity contribution in [3.05, 3.63) is 17.7 Å². The number of carbonyl (C=O) groups is 1. The molecule has 1 aromatic rings. The van der Waals surface area contributed by atoms with E-state index in [4.69, 9.17) is 24.1 Å². The first-order valence-corrected chi connectivity index (χ1v) is 4.75. The molecule has 0 atom stereocenters. The minimum absolute atomic E-state index is 0.0459. The van der Waals surface area contributed by atoms with Gasteiger partial charge in [0.2, 0.25) is 0 Å². The van der Waals surface area contributed by atoms with Crippen molar-refractivity contribution >= 4 is 5.97 Å². The summed E-state index contributed by atoms with van der Waals surface area (Å²) < 4.78 is 19.9. The van der Waals surface area contributed by atoms with E-state index in [9.17, 15) is 4.79 Å². The number of hydrogen-bond acceptors (Lipinski definition) is 5. The van der Waals surface area contributed by atoms with Gasteiger partial charge in [-0.15, -0.1) is 0 Å². The first-order valence-electron chi connectivity index (χ1n) is 4.75. The Morgan fingerprint density at radius 2 is 1.82 bits per heavy atom. The molecule has 0 radical (unpaired) electrons. The molecule has 0 heterocycles. The van der Waals surface area contributed by atoms with Gasteiger partial charge in [0.05, 0.1) is 14.2 Å². The molecule has 0 fully saturated rings. The van der Waals surface area contributed by atoms with Crippen molar-refractivity contribution in [1.82, 2.24) is 0 Å². The first kappa shape index (κ1) is 13.1. The quantitative estimate of drug-likeness (QED) is 0.760. The van der Waals surface area contributed by atoms with E-state index in [1.807, 2.05) is 0 Å². The van der Waals surface area contributed by atoms with Gasteiger partial charge in [-0.2, -0.15) is 0 Å². The Balaban J connectivity index is 3.26. The summed E-state index contributed by atoms with van der Waals surface area (Å²) in [7, 11) is 4.24. The van der Waals surface area contributed by atoms with Crippen LogP contribution in [0, 0.1) is 0 Å². The van der Waals surface area contributed by atoms with Gasteiger partial charge in [0.1, 0.15) is 11.3 Å². The largest absolute Gasteiger partial charge is 0.493 e. The lowest BCUT2D eigenvalue weighted by atomic mass is 10.1. The van der Waals surface area contributed by atoms with Crippen molar-refractivity contribution in [2.45, 2.75) is 0 Å². The fraction of sp³-hybridized carbons (Fsp3) is 0.364. The van der Waals surface area contributed by atoms with Crippen molar-refractivity contribution in [3.63, 3.8) is 0 Å². The molecule has 0 aliphatic heterocycles. The molecule has 0 saturated heterocycles. The zero-order valence-corrected chi connectivity index (χ0v) is 9.85. The average Bonchev–Trinajstić information content (AvgIpc) is 2.34. The summed E-state index contributed by atoms with van der Waals surface area (Å²) in [5.41, 5.74) is -0.0936. The third-order valence-electron chi connectivity index (χ3n) is 2.05. The molecule has 0 aliphatic rings. The molecule has 1 aromatic carbocycles. The number of rotatable bonds is 6. The number of hydrogen-bond donors (Lipinski definition) is 1. The van der Waals surface area contributed by atoms with E-state index in [1.54, 1.807) is 6.07 Å². The van der Waals surface area contributed by atoms with E-state index in [-0.39, 0.29) is 23.9 Å². The maximum Gasteiger partial charge on any atom is 0.343 e. The minimum Gasteiger partial charge on any atom is -0.493 e. The van der Waals surface area contributed by atoms with Gasteiger partial charge < -0.3 is 24.1 Å². The van der Waals surface area contributed by atoms with Gasteiger partial charge in [0.25, 0.3) is 0 Å². The second-order valence-electron chi connectivity index (χ2n) is 3.03. The van der Waals surface area contributed by atoms with Crippen molar-refractivity contribution in [3.8, 4) is 17.2 Å². The normalized spacial score (nSPS) is 9.82. The molecule has 0 saturated carbocycles. The molecule has 0 spiro atoms. The highest BCUT2D eigenvalue weighted by Gasteiger charge is 2.22. The fourth-order valence-electron chi connectivity index (χ4n) is 1.35. The molecular weight excluding hydrogens is 228 g/mol. The summed E-state index contributed by atoms with van der Waals surface area (Å²) in [6.45, 7) is -0.0459. The Kier molecular flexibility index (Phi) is 4.59. The Bertz CT molecular complexity index is 401. The third-order valence-corrected chi connectivity index (χ3v) is 2.05. The molecule has 0 bridgehead atoms. The van der Waals surface area contributed by atoms with E-state index in [0.29, 0.717) is 5.75 Å². The number of aromatic carboxylic acids is 1. The molecule has 94 valence electrons. The molecule has 6 nitrogen and oxygen atoms in total. The van der Waals surface area contributed by atoms with E-state index in [2.05, 4.69) is 0 Å². The number of methoxy groups -OCH3 is 3. The average molecular weight is 242 g/mol. The van der Waals surface area contributed by atoms with Gasteiger partial charge in [0.15, 0.2) is 18.3 Å². The van der Waals surface area contributed by atoms with Crippen molar-refractivity contribution in [2.24, 2.45) is 0 Å². The molecule has 0 aliphatic carbocycles. The smallest absolute Gasteiger partial charge is 0.343 e. The maximum absolute atomic E-state index is 11.2. The summed E-state index contributed by atoms with van der Waals surface area (Å²) in [6, 6.07) is 3.06. The second-order valence-corrected chi connectivity index (χ2v) is 3.03. The van der Waals surface area contributed by atoms with Gasteiger partial charge >= 0.3 is 5.97 Å². The molecule has 1 N–H and O–H groups in total. The second kappa shape index (κ2) is 5.95. The Labute approximate surface area is 98.7 Å². The monoisotopic (exact) mass is 242 g/mol. The fourth-order valence-corrected chi connectivity index (χ4v) is 1.35. The Morgan fingerprint density at radius 1 is 1.18 bits per heavy atom. The number of carboxylic acid groups (broad SMARTS) is 1. The molecule has 0 unspecified atom stereocenters. The van der Waals surface area contributed by atoms with Crippen LogP contribution in [0.4, 0.5) is 0 Å². The SMILES string of the molecule is COCOc1ccc(OC)c(OC)c1C(=O)O. The topological polar surface area (TPSA) is 74.2 Å². The van der Waals surface area contributed by atoms with Gasteiger partial charge in [-0.3, -0.25) is 0 Å². The Morgan fingerprint density at radius 3 is 2.29 bits per heavy atom. The highest BCUT2D eigenvalue weighted by atomic mass is 16.7. The maximum atomic E-state index is 11.2. The van der Waals surface area contributed by atoms with Gasteiger partial charge in [-0.05, 0) is 12.1 Å². The van der Waals surface area contributed by atoms with Crippen LogP contribution in [0.25, 0.3) is 0 Å². The first-order chi connectivity index (χ1) is 8.15. The van der Waals surface area contributed by atoms with Crippen molar-refractivity contribution in [2.75, 3.05) is 28.1 Å². The van der Waals surface area contributed by atoms with Crippen LogP contribution in [0.2, 0.25) is 0 Å². The summed E-state index contributed by atoms with van der Waals surface area (Å²) in [5.74, 6) is -0.549. The van der Waals surface area contributed by atoms with Crippen LogP contribution >= 0.6 is 0 Å². The number of ether oxygens (including phenoxy) is 4. The van der Waals surface area contributed by atoms with E-state index >= 15 is 0 Å². The zero-order chi connectivity index (χ0) is 12.8. The molecule has 17 heavy (non-hydrogen) atoms. The lowest BCUT2D eigenvalue weighted by Gasteiger charge is -2.14. The predicted molar refractivity (Wildman–Crippen MR) is 59.0 cm³/mol. The predicted octanol–water partition coefficient (Wildman–Crippen LogP) is 1.38. The van der Waals surface area contributed by atoms with E-state index in [1.165, 1.54) is 27.4 Å². The van der Waals surface area contributed by atoms with Gasteiger partial charge in [-0.1, -0.05) is 0 Å². The van der Waals surface area contributed by atoms with Crippen LogP contribution in [0.3, 0.4) is 0 Å². The van der Waals surface area contributed by atoms with Crippen LogP contribution in [0.5, 0.6) is 17.2 Å². The van der Waals surface area contributed by atoms with Crippen LogP contribution in [0.15, 0.2) is 12.1 Å². The molecular formula is C11H14O6. The molecule has 0 aromatic heterocycles. The van der Waals surface area contributed by atoms with Crippen LogP contribution < -0.4 is 14.2 Å². The summed E-state index contributed by atoms with van der Waals surface area (Å²) in [4.78, 5) is 11.2. The minimum atomic E-state index is -1.16. The summed E-state index contributed by atoms with van der Waals surface area (Å²) in [6.07, 6.45) is 0. The Hall–Kier alpha value is -1.95. The number of carboxylic acids is 1. The van der Waals surface area contributed by atoms with Gasteiger partial charge in [-0.25, -0.2) is 4.79 Å². The zero-order valence-electron chi connectivity index (χ0n) is 9.85. The molecule has 1 rings (SSSR count). The van der Waals surface area contributed by atoms with Crippen molar-refractivity contribution < 1.29 is 28.8 Å². The highest BCUT2D eigenvalue weighted by molar-refractivity contribution is 5.95. The third kappa shape index (κ3) is 2.79. The molecule has 6 heteroatoms. The van der Waals surface area contributed by atoms with Crippen LogP contribution in [-0.2, 0) is 4.74 Å². The highest BCUT2D eigenvalue weighted by Crippen LogP contribution is 2.37. The van der Waals surface area contributed by atoms with Crippen LogP contribution in [0.1, 0.15) is 10.4 Å². The van der Waals surface area contributed by atoms with Crippen molar-refractivity contribution in [1.29, 1.82) is 0 Å². The van der Waals surface area contributed by atoms with Gasteiger partial charge in [0, 0.05) is 7.11 Å². The van der Waals surface area contributed by atoms with E-state index in [0.717, 1.165) is 0 Å². The van der Waals surface area contributed by atoms with Crippen LogP contribution in [-0.4, -0.2) is 39.2 Å².